The van der Waals surface area contributed by atoms with Crippen LogP contribution in [-0.4, -0.2) is 42.5 Å². The van der Waals surface area contributed by atoms with Gasteiger partial charge in [0.15, 0.2) is 0 Å². The second-order valence-electron chi connectivity index (χ2n) is 7.10. The Morgan fingerprint density at radius 2 is 1.90 bits per heavy atom. The summed E-state index contributed by atoms with van der Waals surface area (Å²) in [5.74, 6) is 0. The van der Waals surface area contributed by atoms with E-state index in [2.05, 4.69) is 25.0 Å². The molecule has 0 aliphatic heterocycles. The van der Waals surface area contributed by atoms with Gasteiger partial charge in [0.25, 0.3) is 0 Å². The Hall–Kier alpha value is -2.81. The van der Waals surface area contributed by atoms with Gasteiger partial charge in [-0.2, -0.15) is 0 Å². The van der Waals surface area contributed by atoms with Gasteiger partial charge in [0.05, 0.1) is 16.6 Å². The lowest BCUT2D eigenvalue weighted by atomic mass is 10.1. The topological polar surface area (TPSA) is 99.8 Å². The fourth-order valence-corrected chi connectivity index (χ4v) is 4.66. The minimum Gasteiger partial charge on any atom is -0.360 e. The summed E-state index contributed by atoms with van der Waals surface area (Å²) in [5.41, 5.74) is 2.24. The molecule has 4 aromatic rings. The summed E-state index contributed by atoms with van der Waals surface area (Å²) < 4.78 is 28.1. The maximum absolute atomic E-state index is 12.7. The summed E-state index contributed by atoms with van der Waals surface area (Å²) in [5, 5.41) is 6.26. The quantitative estimate of drug-likeness (QED) is 0.389. The Morgan fingerprint density at radius 1 is 1.07 bits per heavy atom. The minimum absolute atomic E-state index is 0.236. The van der Waals surface area contributed by atoms with E-state index in [-0.39, 0.29) is 10.9 Å². The number of aromatic amines is 1. The number of hydrogen-bond donors (Lipinski definition) is 3. The first-order chi connectivity index (χ1) is 14.0. The smallest absolute Gasteiger partial charge is 0.240 e. The third kappa shape index (κ3) is 4.45. The molecule has 0 saturated carbocycles. The molecule has 0 saturated heterocycles. The standard InChI is InChI=1S/C21H23N5O2S/c1-15(11-22-8-5-18-13-25-21-14-24-9-6-20(18)21)26-29(27,28)19-3-2-17-12-23-7-4-16(17)10-19/h2-4,6-7,9-10,12-15,22,25-26H,5,8,11H2,1H3. The van der Waals surface area contributed by atoms with Crippen molar-refractivity contribution in [1.29, 1.82) is 0 Å². The van der Waals surface area contributed by atoms with E-state index < -0.39 is 10.0 Å². The highest BCUT2D eigenvalue weighted by Gasteiger charge is 2.17. The summed E-state index contributed by atoms with van der Waals surface area (Å²) in [7, 11) is -3.58. The van der Waals surface area contributed by atoms with Crippen LogP contribution in [-0.2, 0) is 16.4 Å². The van der Waals surface area contributed by atoms with Crippen molar-refractivity contribution in [3.63, 3.8) is 0 Å². The predicted molar refractivity (Wildman–Crippen MR) is 114 cm³/mol. The lowest BCUT2D eigenvalue weighted by Gasteiger charge is -2.15. The number of rotatable bonds is 8. The molecule has 3 heterocycles. The van der Waals surface area contributed by atoms with Crippen LogP contribution in [0.5, 0.6) is 0 Å². The predicted octanol–water partition coefficient (Wildman–Crippen LogP) is 2.61. The Morgan fingerprint density at radius 3 is 2.79 bits per heavy atom. The van der Waals surface area contributed by atoms with E-state index in [0.29, 0.717) is 6.54 Å². The molecule has 4 rings (SSSR count). The van der Waals surface area contributed by atoms with E-state index in [1.807, 2.05) is 25.4 Å². The molecule has 7 nitrogen and oxygen atoms in total. The average molecular weight is 410 g/mol. The molecule has 1 aromatic carbocycles. The number of nitrogens with zero attached hydrogens (tertiary/aromatic N) is 2. The molecule has 1 unspecified atom stereocenters. The molecule has 0 aliphatic rings. The first-order valence-electron chi connectivity index (χ1n) is 9.50. The van der Waals surface area contributed by atoms with Crippen LogP contribution in [0.1, 0.15) is 12.5 Å². The van der Waals surface area contributed by atoms with E-state index in [1.165, 1.54) is 10.9 Å². The van der Waals surface area contributed by atoms with Crippen LogP contribution in [0.4, 0.5) is 0 Å². The summed E-state index contributed by atoms with van der Waals surface area (Å²) in [6, 6.07) is 8.62. The fraction of sp³-hybridized carbons (Fsp3) is 0.238. The Kier molecular flexibility index (Phi) is 5.57. The molecule has 0 spiro atoms. The van der Waals surface area contributed by atoms with Gasteiger partial charge in [-0.05, 0) is 55.1 Å². The summed E-state index contributed by atoms with van der Waals surface area (Å²) >= 11 is 0. The molecule has 1 atom stereocenters. The zero-order valence-electron chi connectivity index (χ0n) is 16.1. The second kappa shape index (κ2) is 8.28. The van der Waals surface area contributed by atoms with E-state index in [9.17, 15) is 8.42 Å². The molecule has 3 aromatic heterocycles. The van der Waals surface area contributed by atoms with Gasteiger partial charge in [-0.25, -0.2) is 13.1 Å². The van der Waals surface area contributed by atoms with Crippen molar-refractivity contribution in [2.75, 3.05) is 13.1 Å². The van der Waals surface area contributed by atoms with E-state index in [0.717, 1.165) is 29.3 Å². The maximum Gasteiger partial charge on any atom is 0.240 e. The second-order valence-corrected chi connectivity index (χ2v) is 8.81. The van der Waals surface area contributed by atoms with Crippen LogP contribution >= 0.6 is 0 Å². The van der Waals surface area contributed by atoms with E-state index in [1.54, 1.807) is 42.9 Å². The summed E-state index contributed by atoms with van der Waals surface area (Å²) in [4.78, 5) is 11.6. The van der Waals surface area contributed by atoms with Crippen LogP contribution in [0.15, 0.2) is 66.2 Å². The number of pyridine rings is 2. The number of nitrogens with one attached hydrogen (secondary N) is 3. The fourth-order valence-electron chi connectivity index (χ4n) is 3.38. The summed E-state index contributed by atoms with van der Waals surface area (Å²) in [6.07, 6.45) is 9.82. The lowest BCUT2D eigenvalue weighted by molar-refractivity contribution is 0.537. The van der Waals surface area contributed by atoms with Crippen molar-refractivity contribution in [2.24, 2.45) is 0 Å². The molecule has 0 amide bonds. The molecular weight excluding hydrogens is 386 g/mol. The Labute approximate surface area is 169 Å². The lowest BCUT2D eigenvalue weighted by Crippen LogP contribution is -2.40. The molecule has 0 bridgehead atoms. The van der Waals surface area contributed by atoms with Crippen LogP contribution in [0, 0.1) is 0 Å². The average Bonchev–Trinajstić information content (AvgIpc) is 3.14. The molecule has 8 heteroatoms. The minimum atomic E-state index is -3.58. The molecular formula is C21H23N5O2S. The van der Waals surface area contributed by atoms with Crippen LogP contribution in [0.3, 0.4) is 0 Å². The van der Waals surface area contributed by atoms with Gasteiger partial charge >= 0.3 is 0 Å². The zero-order chi connectivity index (χ0) is 20.3. The van der Waals surface area contributed by atoms with Gasteiger partial charge in [0.1, 0.15) is 0 Å². The van der Waals surface area contributed by atoms with E-state index >= 15 is 0 Å². The molecule has 29 heavy (non-hydrogen) atoms. The highest BCUT2D eigenvalue weighted by Crippen LogP contribution is 2.18. The van der Waals surface area contributed by atoms with E-state index in [4.69, 9.17) is 0 Å². The highest BCUT2D eigenvalue weighted by atomic mass is 32.2. The van der Waals surface area contributed by atoms with Crippen molar-refractivity contribution in [3.05, 3.63) is 66.9 Å². The van der Waals surface area contributed by atoms with Gasteiger partial charge in [0.2, 0.25) is 10.0 Å². The third-order valence-corrected chi connectivity index (χ3v) is 6.46. The van der Waals surface area contributed by atoms with Crippen LogP contribution < -0.4 is 10.0 Å². The Bertz CT molecular complexity index is 1240. The van der Waals surface area contributed by atoms with Gasteiger partial charge in [-0.15, -0.1) is 0 Å². The van der Waals surface area contributed by atoms with Gasteiger partial charge in [-0.3, -0.25) is 9.97 Å². The number of benzene rings is 1. The van der Waals surface area contributed by atoms with Gasteiger partial charge < -0.3 is 10.3 Å². The van der Waals surface area contributed by atoms with Crippen LogP contribution in [0.25, 0.3) is 21.7 Å². The molecule has 0 fully saturated rings. The number of hydrogen-bond acceptors (Lipinski definition) is 5. The third-order valence-electron chi connectivity index (χ3n) is 4.87. The van der Waals surface area contributed by atoms with Crippen molar-refractivity contribution in [3.8, 4) is 0 Å². The number of H-pyrrole nitrogens is 1. The molecule has 0 radical (unpaired) electrons. The molecule has 3 N–H and O–H groups in total. The first kappa shape index (κ1) is 19.5. The van der Waals surface area contributed by atoms with Crippen molar-refractivity contribution in [2.45, 2.75) is 24.3 Å². The van der Waals surface area contributed by atoms with Crippen molar-refractivity contribution in [1.82, 2.24) is 25.0 Å². The molecule has 150 valence electrons. The number of aromatic nitrogens is 3. The van der Waals surface area contributed by atoms with Gasteiger partial charge in [-0.1, -0.05) is 6.07 Å². The SMILES string of the molecule is CC(CNCCc1c[nH]c2cnccc12)NS(=O)(=O)c1ccc2cnccc2c1. The number of fused-ring (bicyclic) bond motifs is 2. The number of sulfonamides is 1. The highest BCUT2D eigenvalue weighted by molar-refractivity contribution is 7.89. The Balaban J connectivity index is 1.32. The van der Waals surface area contributed by atoms with Gasteiger partial charge in [0, 0.05) is 48.1 Å². The zero-order valence-corrected chi connectivity index (χ0v) is 16.9. The maximum atomic E-state index is 12.7. The van der Waals surface area contributed by atoms with Crippen molar-refractivity contribution >= 4 is 31.7 Å². The molecule has 0 aliphatic carbocycles. The largest absolute Gasteiger partial charge is 0.360 e. The summed E-state index contributed by atoms with van der Waals surface area (Å²) in [6.45, 7) is 3.15. The monoisotopic (exact) mass is 409 g/mol. The normalized spacial score (nSPS) is 13.1. The van der Waals surface area contributed by atoms with Crippen LogP contribution in [0.2, 0.25) is 0 Å². The first-order valence-corrected chi connectivity index (χ1v) is 11.0. The van der Waals surface area contributed by atoms with Crippen molar-refractivity contribution < 1.29 is 8.42 Å².